The van der Waals surface area contributed by atoms with Crippen molar-refractivity contribution in [1.82, 2.24) is 0 Å². The molecule has 88 valence electrons. The second kappa shape index (κ2) is 6.40. The molecule has 0 radical (unpaired) electrons. The lowest BCUT2D eigenvalue weighted by Gasteiger charge is -2.08. The summed E-state index contributed by atoms with van der Waals surface area (Å²) >= 11 is 1.61. The standard InChI is InChI=1S/C11H16N2O2S/c1-15-6-3-7-16-9-5-2-4-8(10(9)12)11(13)14/h2,4-5H,3,6-7,12H2,1H3,(H2,13,14). The number of hydrogen-bond acceptors (Lipinski definition) is 4. The molecule has 0 aliphatic rings. The Morgan fingerprint density at radius 3 is 2.88 bits per heavy atom. The number of thioether (sulfide) groups is 1. The first kappa shape index (κ1) is 12.9. The van der Waals surface area contributed by atoms with Crippen molar-refractivity contribution in [1.29, 1.82) is 0 Å². The quantitative estimate of drug-likeness (QED) is 0.448. The van der Waals surface area contributed by atoms with Crippen LogP contribution in [0.15, 0.2) is 23.1 Å². The number of carbonyl (C=O) groups is 1. The third kappa shape index (κ3) is 3.43. The van der Waals surface area contributed by atoms with Gasteiger partial charge in [-0.3, -0.25) is 4.79 Å². The lowest BCUT2D eigenvalue weighted by atomic mass is 10.2. The number of amides is 1. The molecule has 0 unspecified atom stereocenters. The maximum Gasteiger partial charge on any atom is 0.250 e. The highest BCUT2D eigenvalue weighted by Gasteiger charge is 2.09. The fourth-order valence-electron chi connectivity index (χ4n) is 1.27. The number of anilines is 1. The van der Waals surface area contributed by atoms with Crippen LogP contribution in [0.25, 0.3) is 0 Å². The van der Waals surface area contributed by atoms with E-state index >= 15 is 0 Å². The van der Waals surface area contributed by atoms with Crippen LogP contribution >= 0.6 is 11.8 Å². The molecule has 0 heterocycles. The number of methoxy groups -OCH3 is 1. The second-order valence-corrected chi connectivity index (χ2v) is 4.41. The molecule has 0 bridgehead atoms. The van der Waals surface area contributed by atoms with Gasteiger partial charge in [-0.1, -0.05) is 6.07 Å². The van der Waals surface area contributed by atoms with E-state index in [1.54, 1.807) is 31.0 Å². The predicted octanol–water partition coefficient (Wildman–Crippen LogP) is 1.50. The zero-order valence-electron chi connectivity index (χ0n) is 9.23. The van der Waals surface area contributed by atoms with Crippen molar-refractivity contribution >= 4 is 23.4 Å². The Morgan fingerprint density at radius 2 is 2.25 bits per heavy atom. The molecule has 0 saturated heterocycles. The van der Waals surface area contributed by atoms with Gasteiger partial charge >= 0.3 is 0 Å². The molecule has 0 spiro atoms. The summed E-state index contributed by atoms with van der Waals surface area (Å²) in [6.07, 6.45) is 0.946. The van der Waals surface area contributed by atoms with E-state index in [-0.39, 0.29) is 0 Å². The SMILES string of the molecule is COCCCSc1cccc(C(N)=O)c1N. The molecule has 5 heteroatoms. The molecule has 0 aliphatic carbocycles. The number of rotatable bonds is 6. The summed E-state index contributed by atoms with van der Waals surface area (Å²) in [5, 5.41) is 0. The van der Waals surface area contributed by atoms with Crippen LogP contribution < -0.4 is 11.5 Å². The number of primary amides is 1. The lowest BCUT2D eigenvalue weighted by Crippen LogP contribution is -2.13. The molecular formula is C11H16N2O2S. The van der Waals surface area contributed by atoms with E-state index in [1.165, 1.54) is 0 Å². The van der Waals surface area contributed by atoms with Gasteiger partial charge in [-0.25, -0.2) is 0 Å². The monoisotopic (exact) mass is 240 g/mol. The summed E-state index contributed by atoms with van der Waals surface area (Å²) in [7, 11) is 1.67. The normalized spacial score (nSPS) is 10.3. The number of carbonyl (C=O) groups excluding carboxylic acids is 1. The zero-order valence-corrected chi connectivity index (χ0v) is 10.0. The predicted molar refractivity (Wildman–Crippen MR) is 66.6 cm³/mol. The van der Waals surface area contributed by atoms with Crippen LogP contribution in [0.5, 0.6) is 0 Å². The van der Waals surface area contributed by atoms with Gasteiger partial charge in [-0.2, -0.15) is 0 Å². The second-order valence-electron chi connectivity index (χ2n) is 3.28. The van der Waals surface area contributed by atoms with Gasteiger partial charge in [0.05, 0.1) is 11.3 Å². The molecule has 1 aromatic carbocycles. The number of ether oxygens (including phenoxy) is 1. The van der Waals surface area contributed by atoms with Crippen molar-refractivity contribution in [3.63, 3.8) is 0 Å². The van der Waals surface area contributed by atoms with Crippen LogP contribution in [0, 0.1) is 0 Å². The molecule has 1 rings (SSSR count). The summed E-state index contributed by atoms with van der Waals surface area (Å²) in [4.78, 5) is 12.0. The fraction of sp³-hybridized carbons (Fsp3) is 0.364. The zero-order chi connectivity index (χ0) is 12.0. The number of benzene rings is 1. The van der Waals surface area contributed by atoms with Crippen molar-refractivity contribution in [2.45, 2.75) is 11.3 Å². The van der Waals surface area contributed by atoms with E-state index in [9.17, 15) is 4.79 Å². The Labute approximate surface area is 99.3 Å². The highest BCUT2D eigenvalue weighted by atomic mass is 32.2. The Kier molecular flexibility index (Phi) is 5.14. The number of nitrogens with two attached hydrogens (primary N) is 2. The van der Waals surface area contributed by atoms with Gasteiger partial charge in [0, 0.05) is 24.4 Å². The third-order valence-electron chi connectivity index (χ3n) is 2.08. The Morgan fingerprint density at radius 1 is 1.50 bits per heavy atom. The van der Waals surface area contributed by atoms with Crippen molar-refractivity contribution in [3.8, 4) is 0 Å². The smallest absolute Gasteiger partial charge is 0.250 e. The first-order valence-corrected chi connectivity index (χ1v) is 5.95. The first-order valence-electron chi connectivity index (χ1n) is 4.97. The van der Waals surface area contributed by atoms with Crippen LogP contribution in [-0.2, 0) is 4.74 Å². The Bertz CT molecular complexity index is 369. The minimum Gasteiger partial charge on any atom is -0.397 e. The van der Waals surface area contributed by atoms with Gasteiger partial charge in [0.1, 0.15) is 0 Å². The van der Waals surface area contributed by atoms with Crippen molar-refractivity contribution in [3.05, 3.63) is 23.8 Å². The van der Waals surface area contributed by atoms with Gasteiger partial charge in [0.25, 0.3) is 5.91 Å². The van der Waals surface area contributed by atoms with Gasteiger partial charge < -0.3 is 16.2 Å². The van der Waals surface area contributed by atoms with Crippen LogP contribution in [0.2, 0.25) is 0 Å². The van der Waals surface area contributed by atoms with E-state index in [1.807, 2.05) is 6.07 Å². The van der Waals surface area contributed by atoms with Gasteiger partial charge in [0.2, 0.25) is 0 Å². The van der Waals surface area contributed by atoms with E-state index in [4.69, 9.17) is 16.2 Å². The van der Waals surface area contributed by atoms with Crippen LogP contribution in [0.4, 0.5) is 5.69 Å². The number of para-hydroxylation sites is 1. The summed E-state index contributed by atoms with van der Waals surface area (Å²) in [6.45, 7) is 0.725. The molecule has 0 saturated carbocycles. The minimum absolute atomic E-state index is 0.386. The van der Waals surface area contributed by atoms with E-state index in [0.717, 1.165) is 23.7 Å². The molecular weight excluding hydrogens is 224 g/mol. The van der Waals surface area contributed by atoms with Crippen molar-refractivity contribution in [2.24, 2.45) is 5.73 Å². The average molecular weight is 240 g/mol. The maximum atomic E-state index is 11.1. The molecule has 0 atom stereocenters. The molecule has 16 heavy (non-hydrogen) atoms. The van der Waals surface area contributed by atoms with Crippen molar-refractivity contribution < 1.29 is 9.53 Å². The van der Waals surface area contributed by atoms with E-state index in [2.05, 4.69) is 0 Å². The highest BCUT2D eigenvalue weighted by molar-refractivity contribution is 7.99. The topological polar surface area (TPSA) is 78.3 Å². The summed E-state index contributed by atoms with van der Waals surface area (Å²) in [6, 6.07) is 5.31. The summed E-state index contributed by atoms with van der Waals surface area (Å²) in [5.74, 6) is 0.414. The van der Waals surface area contributed by atoms with E-state index in [0.29, 0.717) is 11.3 Å². The van der Waals surface area contributed by atoms with Crippen LogP contribution in [0.3, 0.4) is 0 Å². The van der Waals surface area contributed by atoms with Crippen molar-refractivity contribution in [2.75, 3.05) is 25.2 Å². The number of hydrogen-bond donors (Lipinski definition) is 2. The van der Waals surface area contributed by atoms with Crippen LogP contribution in [-0.4, -0.2) is 25.4 Å². The molecule has 4 N–H and O–H groups in total. The van der Waals surface area contributed by atoms with Gasteiger partial charge in [0.15, 0.2) is 0 Å². The first-order chi connectivity index (χ1) is 7.66. The van der Waals surface area contributed by atoms with Crippen LogP contribution in [0.1, 0.15) is 16.8 Å². The molecule has 0 aromatic heterocycles. The molecule has 4 nitrogen and oxygen atoms in total. The molecule has 0 aliphatic heterocycles. The third-order valence-corrected chi connectivity index (χ3v) is 3.24. The van der Waals surface area contributed by atoms with E-state index < -0.39 is 5.91 Å². The highest BCUT2D eigenvalue weighted by Crippen LogP contribution is 2.27. The lowest BCUT2D eigenvalue weighted by molar-refractivity contribution is 0.100. The maximum absolute atomic E-state index is 11.1. The molecule has 1 amide bonds. The summed E-state index contributed by atoms with van der Waals surface area (Å²) < 4.78 is 4.95. The van der Waals surface area contributed by atoms with Gasteiger partial charge in [-0.15, -0.1) is 11.8 Å². The Balaban J connectivity index is 2.66. The summed E-state index contributed by atoms with van der Waals surface area (Å²) in [5.41, 5.74) is 11.9. The average Bonchev–Trinajstić information content (AvgIpc) is 2.26. The molecule has 0 fully saturated rings. The largest absolute Gasteiger partial charge is 0.397 e. The van der Waals surface area contributed by atoms with Gasteiger partial charge in [-0.05, 0) is 18.6 Å². The fourth-order valence-corrected chi connectivity index (χ4v) is 2.19. The number of nitrogen functional groups attached to an aromatic ring is 1. The Hall–Kier alpha value is -1.20. The minimum atomic E-state index is -0.489. The molecule has 1 aromatic rings.